The number of piperazine rings is 1. The van der Waals surface area contributed by atoms with Crippen LogP contribution in [0, 0.1) is 0 Å². The molecule has 0 bridgehead atoms. The number of halogens is 1. The number of hydrogen-bond donors (Lipinski definition) is 1. The lowest BCUT2D eigenvalue weighted by Crippen LogP contribution is -2.49. The maximum Gasteiger partial charge on any atom is 0.142 e. The first kappa shape index (κ1) is 17.8. The van der Waals surface area contributed by atoms with Crippen LogP contribution in [0.1, 0.15) is 11.3 Å². The molecule has 4 rings (SSSR count). The van der Waals surface area contributed by atoms with Gasteiger partial charge < -0.3 is 5.32 Å². The smallest absolute Gasteiger partial charge is 0.142 e. The van der Waals surface area contributed by atoms with Gasteiger partial charge in [0.25, 0.3) is 0 Å². The predicted molar refractivity (Wildman–Crippen MR) is 101 cm³/mol. The molecule has 2 aliphatic heterocycles. The molecule has 0 spiro atoms. The molecular weight excluding hydrogens is 342 g/mol. The summed E-state index contributed by atoms with van der Waals surface area (Å²) in [5.74, 6) is 0. The third-order valence-corrected chi connectivity index (χ3v) is 5.74. The highest BCUT2D eigenvalue weighted by Gasteiger charge is 2.28. The normalized spacial score (nSPS) is 22.4. The zero-order chi connectivity index (χ0) is 15.5. The van der Waals surface area contributed by atoms with E-state index in [1.54, 1.807) is 11.3 Å². The van der Waals surface area contributed by atoms with Crippen LogP contribution in [0.15, 0.2) is 30.6 Å². The molecule has 0 aromatic carbocycles. The molecular formula is C17H24ClN5S. The summed E-state index contributed by atoms with van der Waals surface area (Å²) in [6.07, 6.45) is 5.15. The maximum absolute atomic E-state index is 4.55. The second kappa shape index (κ2) is 8.36. The molecule has 2 saturated heterocycles. The van der Waals surface area contributed by atoms with Crippen LogP contribution in [-0.2, 0) is 6.54 Å². The number of hydrogen-bond acceptors (Lipinski definition) is 6. The van der Waals surface area contributed by atoms with E-state index in [-0.39, 0.29) is 12.4 Å². The van der Waals surface area contributed by atoms with E-state index >= 15 is 0 Å². The third kappa shape index (κ3) is 4.13. The molecule has 1 unspecified atom stereocenters. The van der Waals surface area contributed by atoms with Gasteiger partial charge in [-0.05, 0) is 18.6 Å². The molecule has 24 heavy (non-hydrogen) atoms. The zero-order valence-electron chi connectivity index (χ0n) is 13.7. The van der Waals surface area contributed by atoms with Crippen molar-refractivity contribution >= 4 is 23.7 Å². The van der Waals surface area contributed by atoms with E-state index in [1.807, 2.05) is 30.6 Å². The first-order chi connectivity index (χ1) is 11.4. The molecule has 130 valence electrons. The second-order valence-corrected chi connectivity index (χ2v) is 7.43. The van der Waals surface area contributed by atoms with E-state index in [2.05, 4.69) is 25.1 Å². The van der Waals surface area contributed by atoms with Gasteiger partial charge in [-0.15, -0.1) is 23.7 Å². The molecule has 2 aliphatic rings. The fourth-order valence-electron chi connectivity index (χ4n) is 3.51. The molecule has 0 amide bonds. The Morgan fingerprint density at radius 1 is 1.17 bits per heavy atom. The third-order valence-electron chi connectivity index (χ3n) is 4.73. The van der Waals surface area contributed by atoms with E-state index < -0.39 is 0 Å². The molecule has 2 fully saturated rings. The lowest BCUT2D eigenvalue weighted by Gasteiger charge is -2.32. The molecule has 0 aliphatic carbocycles. The molecule has 1 atom stereocenters. The fraction of sp³-hybridized carbons (Fsp3) is 0.529. The van der Waals surface area contributed by atoms with E-state index in [9.17, 15) is 0 Å². The van der Waals surface area contributed by atoms with Crippen molar-refractivity contribution in [1.82, 2.24) is 25.1 Å². The van der Waals surface area contributed by atoms with Crippen LogP contribution in [0.3, 0.4) is 0 Å². The van der Waals surface area contributed by atoms with Gasteiger partial charge in [-0.3, -0.25) is 14.8 Å². The van der Waals surface area contributed by atoms with Crippen LogP contribution in [0.5, 0.6) is 0 Å². The number of rotatable bonds is 4. The summed E-state index contributed by atoms with van der Waals surface area (Å²) in [7, 11) is 0. The summed E-state index contributed by atoms with van der Waals surface area (Å²) in [4.78, 5) is 15.5. The van der Waals surface area contributed by atoms with Crippen molar-refractivity contribution in [2.45, 2.75) is 19.0 Å². The van der Waals surface area contributed by atoms with Crippen molar-refractivity contribution in [3.8, 4) is 10.7 Å². The Morgan fingerprint density at radius 3 is 2.83 bits per heavy atom. The van der Waals surface area contributed by atoms with Gasteiger partial charge in [0.05, 0.1) is 5.69 Å². The van der Waals surface area contributed by atoms with Crippen molar-refractivity contribution in [2.24, 2.45) is 0 Å². The number of nitrogens with one attached hydrogen (secondary N) is 1. The Morgan fingerprint density at radius 2 is 2.04 bits per heavy atom. The van der Waals surface area contributed by atoms with Crippen LogP contribution >= 0.6 is 23.7 Å². The van der Waals surface area contributed by atoms with Crippen LogP contribution in [0.2, 0.25) is 0 Å². The van der Waals surface area contributed by atoms with E-state index in [1.165, 1.54) is 37.5 Å². The summed E-state index contributed by atoms with van der Waals surface area (Å²) in [5, 5.41) is 4.47. The summed E-state index contributed by atoms with van der Waals surface area (Å²) in [5.41, 5.74) is 0.976. The summed E-state index contributed by atoms with van der Waals surface area (Å²) < 4.78 is 0. The standard InChI is InChI=1S/C17H23N5S.ClH/c1-2-5-19-16(3-1)17-20-11-15(23-17)13-21-8-4-14(12-21)22-9-6-18-7-10-22;/h1-3,5,11,14,18H,4,6-10,12-13H2;1H. The number of likely N-dealkylation sites (tertiary alicyclic amines) is 1. The maximum atomic E-state index is 4.55. The fourth-order valence-corrected chi connectivity index (χ4v) is 4.44. The first-order valence-corrected chi connectivity index (χ1v) is 9.23. The minimum atomic E-state index is 0. The first-order valence-electron chi connectivity index (χ1n) is 8.42. The van der Waals surface area contributed by atoms with Crippen molar-refractivity contribution < 1.29 is 0 Å². The molecule has 1 N–H and O–H groups in total. The Balaban J connectivity index is 0.00000169. The highest BCUT2D eigenvalue weighted by Crippen LogP contribution is 2.26. The monoisotopic (exact) mass is 365 g/mol. The van der Waals surface area contributed by atoms with Crippen LogP contribution < -0.4 is 5.32 Å². The van der Waals surface area contributed by atoms with Crippen molar-refractivity contribution in [2.75, 3.05) is 39.3 Å². The average molecular weight is 366 g/mol. The highest BCUT2D eigenvalue weighted by atomic mass is 35.5. The summed E-state index contributed by atoms with van der Waals surface area (Å²) >= 11 is 1.77. The van der Waals surface area contributed by atoms with Gasteiger partial charge in [0.15, 0.2) is 0 Å². The Kier molecular flexibility index (Phi) is 6.19. The largest absolute Gasteiger partial charge is 0.314 e. The number of nitrogens with zero attached hydrogens (tertiary/aromatic N) is 4. The molecule has 5 nitrogen and oxygen atoms in total. The van der Waals surface area contributed by atoms with Crippen molar-refractivity contribution in [3.63, 3.8) is 0 Å². The predicted octanol–water partition coefficient (Wildman–Crippen LogP) is 2.11. The Labute approximate surface area is 153 Å². The zero-order valence-corrected chi connectivity index (χ0v) is 15.4. The van der Waals surface area contributed by atoms with Crippen molar-refractivity contribution in [1.29, 1.82) is 0 Å². The molecule has 2 aromatic heterocycles. The topological polar surface area (TPSA) is 44.3 Å². The van der Waals surface area contributed by atoms with Crippen molar-refractivity contribution in [3.05, 3.63) is 35.5 Å². The van der Waals surface area contributed by atoms with Gasteiger partial charge >= 0.3 is 0 Å². The van der Waals surface area contributed by atoms with Gasteiger partial charge in [0.2, 0.25) is 0 Å². The minimum Gasteiger partial charge on any atom is -0.314 e. The highest BCUT2D eigenvalue weighted by molar-refractivity contribution is 7.14. The molecule has 4 heterocycles. The molecule has 0 radical (unpaired) electrons. The minimum absolute atomic E-state index is 0. The Hall–Kier alpha value is -1.05. The SMILES string of the molecule is Cl.c1ccc(-c2ncc(CN3CCC(N4CCNCC4)C3)s2)nc1. The molecule has 2 aromatic rings. The second-order valence-electron chi connectivity index (χ2n) is 6.31. The van der Waals surface area contributed by atoms with E-state index in [0.717, 1.165) is 36.4 Å². The van der Waals surface area contributed by atoms with E-state index in [4.69, 9.17) is 0 Å². The van der Waals surface area contributed by atoms with Gasteiger partial charge in [0, 0.05) is 69.1 Å². The lowest BCUT2D eigenvalue weighted by molar-refractivity contribution is 0.170. The number of aromatic nitrogens is 2. The van der Waals surface area contributed by atoms with Crippen LogP contribution in [0.4, 0.5) is 0 Å². The summed E-state index contributed by atoms with van der Waals surface area (Å²) in [6.45, 7) is 8.08. The quantitative estimate of drug-likeness (QED) is 0.899. The molecule has 0 saturated carbocycles. The Bertz CT molecular complexity index is 629. The van der Waals surface area contributed by atoms with Gasteiger partial charge in [-0.25, -0.2) is 4.98 Å². The van der Waals surface area contributed by atoms with Gasteiger partial charge in [-0.2, -0.15) is 0 Å². The van der Waals surface area contributed by atoms with Gasteiger partial charge in [-0.1, -0.05) is 6.07 Å². The lowest BCUT2D eigenvalue weighted by atomic mass is 10.2. The van der Waals surface area contributed by atoms with Crippen LogP contribution in [-0.4, -0.2) is 65.1 Å². The number of thiazole rings is 1. The van der Waals surface area contributed by atoms with E-state index in [0.29, 0.717) is 0 Å². The number of pyridine rings is 1. The van der Waals surface area contributed by atoms with Gasteiger partial charge in [0.1, 0.15) is 5.01 Å². The average Bonchev–Trinajstić information content (AvgIpc) is 3.27. The summed E-state index contributed by atoms with van der Waals surface area (Å²) in [6, 6.07) is 6.72. The molecule has 7 heteroatoms. The van der Waals surface area contributed by atoms with Crippen LogP contribution in [0.25, 0.3) is 10.7 Å².